The molecule has 35 nitrogen and oxygen atoms in total. The van der Waals surface area contributed by atoms with Crippen molar-refractivity contribution in [2.24, 2.45) is 0 Å². The Balaban J connectivity index is 0.000000159. The lowest BCUT2D eigenvalue weighted by Gasteiger charge is -2.10. The summed E-state index contributed by atoms with van der Waals surface area (Å²) in [5, 5.41) is 15.5. The molecule has 0 unspecified atom stereocenters. The average Bonchev–Trinajstić information content (AvgIpc) is 1.60. The predicted molar refractivity (Wildman–Crippen MR) is 477 cm³/mol. The third kappa shape index (κ3) is 20.8. The number of fused-ring (bicyclic) bond motifs is 3. The first-order valence-corrected chi connectivity index (χ1v) is 39.2. The summed E-state index contributed by atoms with van der Waals surface area (Å²) in [6, 6.07) is 44.9. The molecule has 6 amide bonds. The number of imidazole rings is 3. The molecule has 0 radical (unpaired) electrons. The molecule has 0 spiro atoms. The maximum absolute atomic E-state index is 13.9. The molecule has 9 heterocycles. The SMILES string of the molecule is CC#CC(=O)Nc1cccc(-n2c(=O)n(-c3ccc(C(=O)Nc4cc(C)ccn4)cc3)c3c(N)ncnc32)c1.CN(C)CC#CC(=O)Nc1cccc(-n2c(=O)n(-c3ccc(C(=O)Nc4cc(C(F)(F)F)ccn4)cc3)c3c(N)ncnc32)c1.CN(CC#CC(=O)Nc1cccc(-n2c(=O)n(-c3ccc(C(=O)Nc4cc(C(F)(F)F)ccn4)cc3)c3c(N)ncnc32)c1)C1CC1. The van der Waals surface area contributed by atoms with Gasteiger partial charge in [0.25, 0.3) is 35.4 Å². The molecule has 0 aliphatic heterocycles. The van der Waals surface area contributed by atoms with Gasteiger partial charge >= 0.3 is 29.4 Å². The van der Waals surface area contributed by atoms with E-state index in [1.807, 2.05) is 39.0 Å². The van der Waals surface area contributed by atoms with Gasteiger partial charge in [0.15, 0.2) is 34.4 Å². The van der Waals surface area contributed by atoms with E-state index in [1.165, 1.54) is 94.9 Å². The van der Waals surface area contributed by atoms with E-state index in [1.54, 1.807) is 116 Å². The zero-order valence-corrected chi connectivity index (χ0v) is 69.5. The molecule has 0 bridgehead atoms. The molecule has 658 valence electrons. The first-order valence-electron chi connectivity index (χ1n) is 39.2. The Bertz CT molecular complexity index is 7410. The van der Waals surface area contributed by atoms with Gasteiger partial charge in [-0.2, -0.15) is 26.3 Å². The highest BCUT2D eigenvalue weighted by molar-refractivity contribution is 6.08. The Hall–Kier alpha value is -17.8. The van der Waals surface area contributed by atoms with Crippen LogP contribution in [-0.2, 0) is 26.7 Å². The van der Waals surface area contributed by atoms with Crippen LogP contribution < -0.4 is 66.2 Å². The summed E-state index contributed by atoms with van der Waals surface area (Å²) in [6.45, 7) is 4.35. The standard InChI is InChI=1S/C32H26F3N9O3.C30H24F3N9O3.C28H22N8O3/c1-42(22-11-12-22)15-3-6-26(45)40-21-4-2-5-24(17-21)44-29-27(28(36)38-18-39-29)43(31(44)47)23-9-7-19(8-10-23)30(46)41-25-16-20(13-14-37-25)32(33,34)35;1-40(2)14-4-7-24(43)38-20-5-3-6-22(16-20)42-27-25(26(34)36-17-37-27)41(29(42)45)21-10-8-18(9-11-21)28(44)39-23-15-19(12-13-35-23)30(31,32)33;1-3-5-23(37)33-19-6-4-7-21(15-19)36-26-24(25(29)31-16-32-26)35(28(36)39)20-10-8-18(9-11-20)27(38)34-22-14-17(2)12-13-30-22/h2,4-5,7-10,13-14,16-18,22H,11-12,15H2,1H3,(H,40,45)(H2,36,38,39)(H,37,41,46);3,5-6,8-13,15-17H,14H2,1-2H3,(H,38,43)(H2,34,36,37)(H,35,39,44);4,6-16H,1-2H3,(H,33,37)(H2,29,31,32)(H,30,34,38). The Labute approximate surface area is 737 Å². The van der Waals surface area contributed by atoms with Crippen LogP contribution in [0.3, 0.4) is 0 Å². The highest BCUT2D eigenvalue weighted by atomic mass is 19.4. The van der Waals surface area contributed by atoms with Crippen LogP contribution in [0, 0.1) is 42.4 Å². The number of carbonyl (C=O) groups excluding carboxylic acids is 6. The normalized spacial score (nSPS) is 11.6. The van der Waals surface area contributed by atoms with Crippen LogP contribution in [0.15, 0.2) is 234 Å². The number of anilines is 9. The molecule has 0 atom stereocenters. The molecule has 12 N–H and O–H groups in total. The topological polar surface area (TPSA) is 456 Å². The van der Waals surface area contributed by atoms with Crippen LogP contribution in [0.25, 0.3) is 67.6 Å². The summed E-state index contributed by atoms with van der Waals surface area (Å²) in [5.41, 5.74) is 21.4. The van der Waals surface area contributed by atoms with Gasteiger partial charge in [-0.3, -0.25) is 52.3 Å². The van der Waals surface area contributed by atoms with Gasteiger partial charge in [-0.25, -0.2) is 72.9 Å². The zero-order chi connectivity index (χ0) is 93.1. The van der Waals surface area contributed by atoms with Crippen molar-refractivity contribution in [1.82, 2.24) is 82.1 Å². The quantitative estimate of drug-likeness (QED) is 0.0285. The smallest absolute Gasteiger partial charge is 0.382 e. The maximum atomic E-state index is 13.9. The summed E-state index contributed by atoms with van der Waals surface area (Å²) in [6.07, 6.45) is 0.275. The molecule has 1 saturated carbocycles. The second kappa shape index (κ2) is 38.4. The van der Waals surface area contributed by atoms with Crippen molar-refractivity contribution in [1.29, 1.82) is 0 Å². The van der Waals surface area contributed by atoms with E-state index in [9.17, 15) is 69.5 Å². The van der Waals surface area contributed by atoms with Crippen molar-refractivity contribution in [2.45, 2.75) is 45.1 Å². The highest BCUT2D eigenvalue weighted by Crippen LogP contribution is 2.34. The van der Waals surface area contributed by atoms with Crippen LogP contribution in [0.2, 0.25) is 0 Å². The van der Waals surface area contributed by atoms with E-state index >= 15 is 0 Å². The minimum Gasteiger partial charge on any atom is -0.382 e. The molecule has 1 fully saturated rings. The Morgan fingerprint density at radius 2 is 0.725 bits per heavy atom. The number of hydrogen-bond donors (Lipinski definition) is 9. The molecular weight excluding hydrogens is 1700 g/mol. The van der Waals surface area contributed by atoms with Crippen LogP contribution >= 0.6 is 0 Å². The van der Waals surface area contributed by atoms with Crippen molar-refractivity contribution in [3.05, 3.63) is 284 Å². The lowest BCUT2D eigenvalue weighted by atomic mass is 10.2. The molecule has 9 aromatic heterocycles. The number of aryl methyl sites for hydroxylation is 1. The van der Waals surface area contributed by atoms with Gasteiger partial charge in [-0.15, -0.1) is 0 Å². The van der Waals surface area contributed by atoms with Crippen LogP contribution in [-0.4, -0.2) is 158 Å². The molecule has 16 rings (SSSR count). The Kier molecular flexibility index (Phi) is 26.2. The van der Waals surface area contributed by atoms with Crippen molar-refractivity contribution in [2.75, 3.05) is 83.3 Å². The largest absolute Gasteiger partial charge is 0.416 e. The lowest BCUT2D eigenvalue weighted by Crippen LogP contribution is -2.22. The number of nitrogens with two attached hydrogens (primary N) is 3. The number of halogens is 6. The van der Waals surface area contributed by atoms with Crippen molar-refractivity contribution >= 4 is 121 Å². The number of pyridine rings is 3. The van der Waals surface area contributed by atoms with E-state index in [-0.39, 0.29) is 74.1 Å². The van der Waals surface area contributed by atoms with E-state index in [0.717, 1.165) is 55.1 Å². The summed E-state index contributed by atoms with van der Waals surface area (Å²) >= 11 is 0. The van der Waals surface area contributed by atoms with E-state index in [2.05, 4.69) is 117 Å². The number of amides is 6. The van der Waals surface area contributed by atoms with E-state index < -0.39 is 70.1 Å². The third-order valence-electron chi connectivity index (χ3n) is 19.5. The van der Waals surface area contributed by atoms with E-state index in [0.29, 0.717) is 87.2 Å². The molecular formula is C90H72F6N26O9. The van der Waals surface area contributed by atoms with Gasteiger partial charge in [0, 0.05) is 58.4 Å². The summed E-state index contributed by atoms with van der Waals surface area (Å²) < 4.78 is 86.2. The number of alkyl halides is 6. The first kappa shape index (κ1) is 89.5. The van der Waals surface area contributed by atoms with Gasteiger partial charge < -0.3 is 49.1 Å². The molecule has 1 aliphatic carbocycles. The van der Waals surface area contributed by atoms with Crippen molar-refractivity contribution in [3.63, 3.8) is 0 Å². The van der Waals surface area contributed by atoms with Gasteiger partial charge in [-0.05, 0) is 235 Å². The lowest BCUT2D eigenvalue weighted by molar-refractivity contribution is -0.138. The van der Waals surface area contributed by atoms with E-state index in [4.69, 9.17) is 17.2 Å². The van der Waals surface area contributed by atoms with Gasteiger partial charge in [0.05, 0.1) is 58.3 Å². The average molecular weight is 1780 g/mol. The van der Waals surface area contributed by atoms with Crippen LogP contribution in [0.5, 0.6) is 0 Å². The molecule has 0 saturated heterocycles. The molecule has 41 heteroatoms. The zero-order valence-electron chi connectivity index (χ0n) is 69.5. The number of carbonyl (C=O) groups is 6. The summed E-state index contributed by atoms with van der Waals surface area (Å²) in [4.78, 5) is 157. The Morgan fingerprint density at radius 1 is 0.397 bits per heavy atom. The predicted octanol–water partition coefficient (Wildman–Crippen LogP) is 10.3. The fourth-order valence-electron chi connectivity index (χ4n) is 13.3. The van der Waals surface area contributed by atoms with Crippen LogP contribution in [0.1, 0.15) is 67.5 Å². The highest BCUT2D eigenvalue weighted by Gasteiger charge is 2.33. The van der Waals surface area contributed by atoms with Gasteiger partial charge in [0.2, 0.25) is 0 Å². The number of hydrogen-bond acceptors (Lipinski definition) is 23. The number of nitrogens with one attached hydrogen (secondary N) is 6. The first-order chi connectivity index (χ1) is 62.8. The third-order valence-corrected chi connectivity index (χ3v) is 19.5. The minimum absolute atomic E-state index is 0.00825. The van der Waals surface area contributed by atoms with Gasteiger partial charge in [0.1, 0.15) is 53.0 Å². The number of nitrogens with zero attached hydrogens (tertiary/aromatic N) is 17. The summed E-state index contributed by atoms with van der Waals surface area (Å²) in [5.74, 6) is 12.4. The van der Waals surface area contributed by atoms with Gasteiger partial charge in [-0.1, -0.05) is 36.0 Å². The minimum atomic E-state index is -4.60. The Morgan fingerprint density at radius 3 is 1.05 bits per heavy atom. The number of benzene rings is 6. The monoisotopic (exact) mass is 1770 g/mol. The molecule has 131 heavy (non-hydrogen) atoms. The summed E-state index contributed by atoms with van der Waals surface area (Å²) in [7, 11) is 5.62. The molecule has 1 aliphatic rings. The fraction of sp³-hybridized carbons (Fsp3) is 0.133. The maximum Gasteiger partial charge on any atom is 0.416 e. The van der Waals surface area contributed by atoms with Crippen LogP contribution in [0.4, 0.5) is 78.3 Å². The number of rotatable bonds is 18. The number of nitrogen functional groups attached to an aromatic ring is 3. The van der Waals surface area contributed by atoms with Crippen molar-refractivity contribution < 1.29 is 55.1 Å². The van der Waals surface area contributed by atoms with Crippen molar-refractivity contribution in [3.8, 4) is 69.6 Å². The number of aromatic nitrogens is 15. The molecule has 15 aromatic rings. The fourth-order valence-corrected chi connectivity index (χ4v) is 13.3. The molecule has 6 aromatic carbocycles. The second-order valence-electron chi connectivity index (χ2n) is 29.1. The second-order valence-corrected chi connectivity index (χ2v) is 29.1.